The molecule has 6 radical (unpaired) electrons. The van der Waals surface area contributed by atoms with Gasteiger partial charge in [0.1, 0.15) is 5.69 Å². The van der Waals surface area contributed by atoms with Gasteiger partial charge in [-0.25, -0.2) is 4.98 Å². The standard InChI is InChI=1S/C22H32B3FN4O/c1-4-21(3,5-2)15-6-7-16(14-15)29-10-12-30(13-11-29)18-9-8-17(27-19(18)26)20(31)28-22(23,24)25/h8-9,15-16H,4-7,10-14H2,1-3H3,(H,28,31)/t15?,16-/m1/s1. The summed E-state index contributed by atoms with van der Waals surface area (Å²) in [6.45, 7) is 10.3. The lowest BCUT2D eigenvalue weighted by molar-refractivity contribution is 0.0946. The van der Waals surface area contributed by atoms with Gasteiger partial charge in [0.2, 0.25) is 5.95 Å². The van der Waals surface area contributed by atoms with Crippen LogP contribution < -0.4 is 10.2 Å². The van der Waals surface area contributed by atoms with Crippen molar-refractivity contribution in [1.29, 1.82) is 0 Å². The molecule has 3 rings (SSSR count). The highest BCUT2D eigenvalue weighted by Crippen LogP contribution is 2.45. The van der Waals surface area contributed by atoms with Crippen LogP contribution in [-0.2, 0) is 0 Å². The Balaban J connectivity index is 1.57. The third-order valence-corrected chi connectivity index (χ3v) is 7.57. The highest BCUT2D eigenvalue weighted by Gasteiger charge is 2.39. The summed E-state index contributed by atoms with van der Waals surface area (Å²) in [5.41, 5.74) is 0.735. The van der Waals surface area contributed by atoms with Crippen molar-refractivity contribution < 1.29 is 9.18 Å². The Morgan fingerprint density at radius 3 is 2.35 bits per heavy atom. The van der Waals surface area contributed by atoms with E-state index >= 15 is 0 Å². The summed E-state index contributed by atoms with van der Waals surface area (Å²) in [6.07, 6.45) is 6.30. The molecule has 0 bridgehead atoms. The first-order valence-electron chi connectivity index (χ1n) is 11.4. The molecule has 9 heteroatoms. The summed E-state index contributed by atoms with van der Waals surface area (Å²) in [5.74, 6) is -0.606. The summed E-state index contributed by atoms with van der Waals surface area (Å²) in [7, 11) is 16.1. The van der Waals surface area contributed by atoms with Gasteiger partial charge in [0, 0.05) is 32.2 Å². The number of pyridine rings is 1. The Hall–Kier alpha value is -1.50. The fourth-order valence-electron chi connectivity index (χ4n) is 5.13. The van der Waals surface area contributed by atoms with E-state index < -0.39 is 17.1 Å². The highest BCUT2D eigenvalue weighted by atomic mass is 19.1. The van der Waals surface area contributed by atoms with Crippen LogP contribution in [0.3, 0.4) is 0 Å². The quantitative estimate of drug-likeness (QED) is 0.543. The summed E-state index contributed by atoms with van der Waals surface area (Å²) >= 11 is 0. The maximum Gasteiger partial charge on any atom is 0.268 e. The first-order valence-corrected chi connectivity index (χ1v) is 11.4. The van der Waals surface area contributed by atoms with E-state index in [1.54, 1.807) is 6.07 Å². The van der Waals surface area contributed by atoms with Crippen LogP contribution in [0, 0.1) is 17.3 Å². The molecule has 162 valence electrons. The largest absolute Gasteiger partial charge is 0.371 e. The van der Waals surface area contributed by atoms with Gasteiger partial charge in [0.15, 0.2) is 0 Å². The van der Waals surface area contributed by atoms with E-state index in [1.165, 1.54) is 38.2 Å². The van der Waals surface area contributed by atoms with E-state index in [2.05, 4.69) is 36.0 Å². The van der Waals surface area contributed by atoms with E-state index in [0.29, 0.717) is 17.1 Å². The van der Waals surface area contributed by atoms with Crippen LogP contribution in [0.2, 0.25) is 0 Å². The van der Waals surface area contributed by atoms with Gasteiger partial charge in [-0.05, 0) is 42.7 Å². The van der Waals surface area contributed by atoms with Gasteiger partial charge < -0.3 is 10.2 Å². The minimum absolute atomic E-state index is 0.113. The Kier molecular flexibility index (Phi) is 7.45. The second-order valence-electron chi connectivity index (χ2n) is 9.44. The molecule has 1 amide bonds. The van der Waals surface area contributed by atoms with E-state index in [9.17, 15) is 9.18 Å². The number of aromatic nitrogens is 1. The molecule has 2 aliphatic rings. The van der Waals surface area contributed by atoms with Crippen LogP contribution in [0.5, 0.6) is 0 Å². The Morgan fingerprint density at radius 2 is 1.81 bits per heavy atom. The number of carbonyl (C=O) groups excluding carboxylic acids is 1. The van der Waals surface area contributed by atoms with Crippen molar-refractivity contribution in [3.05, 3.63) is 23.8 Å². The molecule has 2 atom stereocenters. The van der Waals surface area contributed by atoms with E-state index in [4.69, 9.17) is 23.5 Å². The topological polar surface area (TPSA) is 48.5 Å². The fourth-order valence-corrected chi connectivity index (χ4v) is 5.13. The van der Waals surface area contributed by atoms with Crippen LogP contribution in [0.25, 0.3) is 0 Å². The molecule has 1 unspecified atom stereocenters. The summed E-state index contributed by atoms with van der Waals surface area (Å²) in [4.78, 5) is 20.4. The average Bonchev–Trinajstić information content (AvgIpc) is 3.23. The predicted octanol–water partition coefficient (Wildman–Crippen LogP) is 2.18. The maximum absolute atomic E-state index is 14.6. The molecular weight excluding hydrogens is 388 g/mol. The molecule has 2 fully saturated rings. The first kappa shape index (κ1) is 24.2. The molecule has 0 aromatic carbocycles. The number of carbonyl (C=O) groups is 1. The maximum atomic E-state index is 14.6. The summed E-state index contributed by atoms with van der Waals surface area (Å²) in [6, 6.07) is 3.67. The van der Waals surface area contributed by atoms with Gasteiger partial charge in [-0.3, -0.25) is 9.69 Å². The number of nitrogens with one attached hydrogen (secondary N) is 1. The van der Waals surface area contributed by atoms with Crippen molar-refractivity contribution in [2.24, 2.45) is 11.3 Å². The SMILES string of the molecule is [B]C([B])([B])NC(=O)c1ccc(N2CCN([C@@H]3CCC(C(C)(CC)CC)C3)CC2)c(F)n1. The zero-order chi connectivity index (χ0) is 22.8. The number of hydrogen-bond acceptors (Lipinski definition) is 4. The molecule has 1 aromatic heterocycles. The number of hydrogen-bond donors (Lipinski definition) is 1. The number of piperazine rings is 1. The lowest BCUT2D eigenvalue weighted by atomic mass is 9.49. The summed E-state index contributed by atoms with van der Waals surface area (Å²) in [5, 5.41) is 0.286. The molecule has 1 saturated heterocycles. The molecule has 1 aliphatic heterocycles. The number of amides is 1. The highest BCUT2D eigenvalue weighted by molar-refractivity contribution is 6.60. The van der Waals surface area contributed by atoms with Gasteiger partial charge >= 0.3 is 0 Å². The second kappa shape index (κ2) is 9.56. The number of halogens is 1. The smallest absolute Gasteiger partial charge is 0.268 e. The van der Waals surface area contributed by atoms with Crippen LogP contribution in [-0.4, -0.2) is 76.8 Å². The molecule has 1 N–H and O–H groups in total. The van der Waals surface area contributed by atoms with Crippen LogP contribution in [0.4, 0.5) is 10.1 Å². The molecular formula is C22H32B3FN4O. The molecule has 1 aliphatic carbocycles. The van der Waals surface area contributed by atoms with Crippen molar-refractivity contribution in [1.82, 2.24) is 15.2 Å². The normalized spacial score (nSPS) is 23.2. The van der Waals surface area contributed by atoms with Gasteiger partial charge in [0.05, 0.1) is 29.2 Å². The number of nitrogens with zero attached hydrogens (tertiary/aromatic N) is 3. The van der Waals surface area contributed by atoms with E-state index in [1.807, 2.05) is 4.90 Å². The van der Waals surface area contributed by atoms with Crippen molar-refractivity contribution >= 4 is 35.1 Å². The van der Waals surface area contributed by atoms with Gasteiger partial charge in [-0.15, -0.1) is 0 Å². The van der Waals surface area contributed by atoms with E-state index in [-0.39, 0.29) is 5.69 Å². The lowest BCUT2D eigenvalue weighted by Crippen LogP contribution is -2.51. The van der Waals surface area contributed by atoms with E-state index in [0.717, 1.165) is 32.1 Å². The Labute approximate surface area is 190 Å². The fraction of sp³-hybridized carbons (Fsp3) is 0.727. The minimum Gasteiger partial charge on any atom is -0.371 e. The van der Waals surface area contributed by atoms with Crippen molar-refractivity contribution in [2.75, 3.05) is 31.1 Å². The molecule has 2 heterocycles. The zero-order valence-corrected chi connectivity index (χ0v) is 19.0. The molecule has 0 spiro atoms. The third kappa shape index (κ3) is 5.66. The van der Waals surface area contributed by atoms with Gasteiger partial charge in [-0.1, -0.05) is 38.8 Å². The Bertz CT molecular complexity index is 777. The van der Waals surface area contributed by atoms with Gasteiger partial charge in [0.25, 0.3) is 5.91 Å². The summed E-state index contributed by atoms with van der Waals surface area (Å²) < 4.78 is 14.6. The van der Waals surface area contributed by atoms with Gasteiger partial charge in [-0.2, -0.15) is 4.39 Å². The molecule has 5 nitrogen and oxygen atoms in total. The second-order valence-corrected chi connectivity index (χ2v) is 9.44. The first-order chi connectivity index (χ1) is 14.6. The van der Waals surface area contributed by atoms with Crippen molar-refractivity contribution in [3.8, 4) is 0 Å². The van der Waals surface area contributed by atoms with Crippen molar-refractivity contribution in [3.63, 3.8) is 0 Å². The van der Waals surface area contributed by atoms with Crippen LogP contribution in [0.15, 0.2) is 12.1 Å². The predicted molar refractivity (Wildman–Crippen MR) is 125 cm³/mol. The van der Waals surface area contributed by atoms with Crippen LogP contribution in [0.1, 0.15) is 63.4 Å². The van der Waals surface area contributed by atoms with Crippen LogP contribution >= 0.6 is 0 Å². The average molecular weight is 420 g/mol. The molecule has 1 aromatic rings. The Morgan fingerprint density at radius 1 is 1.16 bits per heavy atom. The third-order valence-electron chi connectivity index (χ3n) is 7.57. The molecule has 1 saturated carbocycles. The number of anilines is 1. The lowest BCUT2D eigenvalue weighted by Gasteiger charge is -2.40. The minimum atomic E-state index is -1.88. The van der Waals surface area contributed by atoms with Crippen molar-refractivity contribution in [2.45, 2.75) is 64.2 Å². The number of rotatable bonds is 7. The monoisotopic (exact) mass is 420 g/mol. The zero-order valence-electron chi connectivity index (χ0n) is 19.0. The molecule has 31 heavy (non-hydrogen) atoms.